The molecule has 2 aromatic carbocycles. The summed E-state index contributed by atoms with van der Waals surface area (Å²) in [5.41, 5.74) is 4.67. The second-order valence-corrected chi connectivity index (χ2v) is 12.3. The Hall–Kier alpha value is -4.28. The van der Waals surface area contributed by atoms with E-state index >= 15 is 0 Å². The van der Waals surface area contributed by atoms with Gasteiger partial charge in [-0.25, -0.2) is 4.98 Å². The molecule has 0 spiro atoms. The molecule has 0 unspecified atom stereocenters. The van der Waals surface area contributed by atoms with E-state index in [1.165, 1.54) is 15.9 Å². The number of amides is 2. The van der Waals surface area contributed by atoms with Crippen LogP contribution in [0.15, 0.2) is 64.9 Å². The molecule has 1 aliphatic heterocycles. The smallest absolute Gasteiger partial charge is 0.293 e. The van der Waals surface area contributed by atoms with Crippen LogP contribution in [-0.4, -0.2) is 52.6 Å². The van der Waals surface area contributed by atoms with Crippen molar-refractivity contribution >= 4 is 40.3 Å². The Bertz CT molecular complexity index is 1680. The number of nitrogens with zero attached hydrogens (tertiary/aromatic N) is 3. The Morgan fingerprint density at radius 3 is 2.43 bits per heavy atom. The molecule has 5 rings (SSSR count). The first-order chi connectivity index (χ1) is 20.0. The normalized spacial score (nSPS) is 13.6. The highest BCUT2D eigenvalue weighted by Crippen LogP contribution is 2.32. The van der Waals surface area contributed by atoms with Gasteiger partial charge in [-0.3, -0.25) is 14.4 Å². The molecule has 218 valence electrons. The molecule has 0 bridgehead atoms. The number of ether oxygens (including phenoxy) is 1. The molecule has 10 heteroatoms. The van der Waals surface area contributed by atoms with Crippen molar-refractivity contribution in [1.29, 1.82) is 0 Å². The first-order valence-electron chi connectivity index (χ1n) is 13.8. The fraction of sp³-hybridized carbons (Fsp3) is 0.312. The number of nitrogens with one attached hydrogen (secondary N) is 2. The SMILES string of the molecule is Cc1c(NC(=O)c2sccc2C(C)(C)C)cccc1-c1cn(C)c(=O)c(Nc2ccc(C(=O)N3CCOCC3)cc2)n1. The van der Waals surface area contributed by atoms with Gasteiger partial charge in [0.2, 0.25) is 0 Å². The summed E-state index contributed by atoms with van der Waals surface area (Å²) in [4.78, 5) is 46.2. The fourth-order valence-electron chi connectivity index (χ4n) is 4.90. The lowest BCUT2D eigenvalue weighted by Crippen LogP contribution is -2.40. The lowest BCUT2D eigenvalue weighted by Gasteiger charge is -2.26. The molecule has 4 aromatic rings. The number of thiophene rings is 1. The van der Waals surface area contributed by atoms with Crippen LogP contribution in [0.2, 0.25) is 0 Å². The van der Waals surface area contributed by atoms with E-state index in [9.17, 15) is 14.4 Å². The average molecular weight is 586 g/mol. The van der Waals surface area contributed by atoms with Gasteiger partial charge >= 0.3 is 0 Å². The van der Waals surface area contributed by atoms with Crippen LogP contribution in [0.1, 0.15) is 51.9 Å². The monoisotopic (exact) mass is 585 g/mol. The first-order valence-corrected chi connectivity index (χ1v) is 14.7. The molecule has 0 atom stereocenters. The maximum absolute atomic E-state index is 13.3. The summed E-state index contributed by atoms with van der Waals surface area (Å²) in [6.45, 7) is 10.4. The minimum Gasteiger partial charge on any atom is -0.378 e. The van der Waals surface area contributed by atoms with Gasteiger partial charge < -0.3 is 24.8 Å². The highest BCUT2D eigenvalue weighted by molar-refractivity contribution is 7.12. The van der Waals surface area contributed by atoms with Gasteiger partial charge in [-0.2, -0.15) is 0 Å². The maximum Gasteiger partial charge on any atom is 0.293 e. The molecule has 2 N–H and O–H groups in total. The van der Waals surface area contributed by atoms with Crippen LogP contribution in [0.25, 0.3) is 11.3 Å². The zero-order valence-corrected chi connectivity index (χ0v) is 25.3. The van der Waals surface area contributed by atoms with Crippen LogP contribution in [0.5, 0.6) is 0 Å². The van der Waals surface area contributed by atoms with Gasteiger partial charge in [0.1, 0.15) is 0 Å². The molecule has 1 aliphatic rings. The largest absolute Gasteiger partial charge is 0.378 e. The Balaban J connectivity index is 1.38. The van der Waals surface area contributed by atoms with Crippen molar-refractivity contribution in [3.63, 3.8) is 0 Å². The third kappa shape index (κ3) is 6.14. The molecule has 2 amide bonds. The summed E-state index contributed by atoms with van der Waals surface area (Å²) >= 11 is 1.43. The van der Waals surface area contributed by atoms with Crippen LogP contribution >= 0.6 is 11.3 Å². The molecule has 2 aromatic heterocycles. The van der Waals surface area contributed by atoms with E-state index in [2.05, 4.69) is 36.4 Å². The summed E-state index contributed by atoms with van der Waals surface area (Å²) in [6, 6.07) is 14.6. The van der Waals surface area contributed by atoms with Gasteiger partial charge in [0.15, 0.2) is 5.82 Å². The molecule has 9 nitrogen and oxygen atoms in total. The van der Waals surface area contributed by atoms with Gasteiger partial charge in [0.25, 0.3) is 17.4 Å². The molecule has 42 heavy (non-hydrogen) atoms. The fourth-order valence-corrected chi connectivity index (χ4v) is 5.90. The number of hydrogen-bond donors (Lipinski definition) is 2. The summed E-state index contributed by atoms with van der Waals surface area (Å²) in [7, 11) is 1.68. The van der Waals surface area contributed by atoms with Crippen LogP contribution in [0, 0.1) is 6.92 Å². The second kappa shape index (κ2) is 11.9. The Kier molecular flexibility index (Phi) is 8.29. The third-order valence-electron chi connectivity index (χ3n) is 7.30. The number of carbonyl (C=O) groups is 2. The average Bonchev–Trinajstić information content (AvgIpc) is 3.48. The van der Waals surface area contributed by atoms with Crippen molar-refractivity contribution in [1.82, 2.24) is 14.5 Å². The van der Waals surface area contributed by atoms with Crippen LogP contribution < -0.4 is 16.2 Å². The zero-order valence-electron chi connectivity index (χ0n) is 24.5. The molecule has 1 fully saturated rings. The van der Waals surface area contributed by atoms with Crippen LogP contribution in [-0.2, 0) is 17.2 Å². The zero-order chi connectivity index (χ0) is 30.0. The second-order valence-electron chi connectivity index (χ2n) is 11.3. The Morgan fingerprint density at radius 2 is 1.74 bits per heavy atom. The van der Waals surface area contributed by atoms with Crippen molar-refractivity contribution < 1.29 is 14.3 Å². The van der Waals surface area contributed by atoms with Crippen LogP contribution in [0.4, 0.5) is 17.2 Å². The number of anilines is 3. The van der Waals surface area contributed by atoms with Crippen molar-refractivity contribution in [2.75, 3.05) is 36.9 Å². The summed E-state index contributed by atoms with van der Waals surface area (Å²) < 4.78 is 6.81. The van der Waals surface area contributed by atoms with E-state index in [0.29, 0.717) is 53.8 Å². The highest BCUT2D eigenvalue weighted by atomic mass is 32.1. The Morgan fingerprint density at radius 1 is 1.02 bits per heavy atom. The van der Waals surface area contributed by atoms with Crippen molar-refractivity contribution in [3.05, 3.63) is 92.0 Å². The number of benzene rings is 2. The number of rotatable bonds is 6. The molecule has 0 saturated carbocycles. The molecule has 0 radical (unpaired) electrons. The van der Waals surface area contributed by atoms with E-state index in [-0.39, 0.29) is 28.6 Å². The molecule has 1 saturated heterocycles. The third-order valence-corrected chi connectivity index (χ3v) is 8.21. The van der Waals surface area contributed by atoms with Gasteiger partial charge in [0, 0.05) is 48.8 Å². The van der Waals surface area contributed by atoms with Crippen molar-refractivity contribution in [3.8, 4) is 11.3 Å². The topological polar surface area (TPSA) is 106 Å². The predicted molar refractivity (Wildman–Crippen MR) is 167 cm³/mol. The highest BCUT2D eigenvalue weighted by Gasteiger charge is 2.24. The van der Waals surface area contributed by atoms with Gasteiger partial charge in [-0.1, -0.05) is 32.9 Å². The van der Waals surface area contributed by atoms with Gasteiger partial charge in [-0.05, 0) is 65.2 Å². The molecular formula is C32H35N5O4S. The van der Waals surface area contributed by atoms with Crippen molar-refractivity contribution in [2.45, 2.75) is 33.1 Å². The van der Waals surface area contributed by atoms with Crippen molar-refractivity contribution in [2.24, 2.45) is 7.05 Å². The summed E-state index contributed by atoms with van der Waals surface area (Å²) in [5, 5.41) is 8.13. The van der Waals surface area contributed by atoms with E-state index in [1.807, 2.05) is 36.6 Å². The molecular weight excluding hydrogens is 550 g/mol. The number of aryl methyl sites for hydroxylation is 1. The molecule has 0 aliphatic carbocycles. The minimum atomic E-state index is -0.290. The maximum atomic E-state index is 13.3. The Labute approximate surface area is 249 Å². The first kappa shape index (κ1) is 29.2. The lowest BCUT2D eigenvalue weighted by molar-refractivity contribution is 0.0303. The number of carbonyl (C=O) groups excluding carboxylic acids is 2. The van der Waals surface area contributed by atoms with E-state index in [1.54, 1.807) is 42.4 Å². The number of aromatic nitrogens is 2. The van der Waals surface area contributed by atoms with E-state index in [4.69, 9.17) is 4.74 Å². The minimum absolute atomic E-state index is 0.0444. The predicted octanol–water partition coefficient (Wildman–Crippen LogP) is 5.58. The van der Waals surface area contributed by atoms with Gasteiger partial charge in [-0.15, -0.1) is 11.3 Å². The van der Waals surface area contributed by atoms with E-state index < -0.39 is 0 Å². The number of hydrogen-bond acceptors (Lipinski definition) is 7. The van der Waals surface area contributed by atoms with Crippen LogP contribution in [0.3, 0.4) is 0 Å². The number of morpholine rings is 1. The van der Waals surface area contributed by atoms with Gasteiger partial charge in [0.05, 0.1) is 23.8 Å². The quantitative estimate of drug-likeness (QED) is 0.306. The summed E-state index contributed by atoms with van der Waals surface area (Å²) in [6.07, 6.45) is 1.68. The summed E-state index contributed by atoms with van der Waals surface area (Å²) in [5.74, 6) is -0.0388. The lowest BCUT2D eigenvalue weighted by atomic mass is 9.87. The molecule has 3 heterocycles. The standard InChI is InChI=1S/C32H35N5O4S/c1-20-23(7-6-8-25(20)35-29(38)27-24(13-18-42-27)32(2,3)4)26-19-36(5)31(40)28(34-26)33-22-11-9-21(10-12-22)30(39)37-14-16-41-17-15-37/h6-13,18-19H,14-17H2,1-5H3,(H,33,34)(H,35,38). The van der Waals surface area contributed by atoms with E-state index in [0.717, 1.165) is 16.7 Å².